The molecule has 4 rings (SSSR count). The summed E-state index contributed by atoms with van der Waals surface area (Å²) >= 11 is 0. The molecule has 2 aromatic heterocycles. The van der Waals surface area contributed by atoms with Gasteiger partial charge in [0.05, 0.1) is 0 Å². The molecule has 0 unspecified atom stereocenters. The molecule has 3 heterocycles. The van der Waals surface area contributed by atoms with E-state index in [4.69, 9.17) is 0 Å². The molecule has 6 heteroatoms. The van der Waals surface area contributed by atoms with Crippen LogP contribution in [0.1, 0.15) is 66.2 Å². The van der Waals surface area contributed by atoms with Crippen molar-refractivity contribution in [3.63, 3.8) is 0 Å². The smallest absolute Gasteiger partial charge is 0.272 e. The van der Waals surface area contributed by atoms with Gasteiger partial charge in [-0.2, -0.15) is 5.10 Å². The highest BCUT2D eigenvalue weighted by atomic mass is 16.1. The summed E-state index contributed by atoms with van der Waals surface area (Å²) in [6, 6.07) is 5.93. The van der Waals surface area contributed by atoms with Gasteiger partial charge in [0.1, 0.15) is 11.5 Å². The summed E-state index contributed by atoms with van der Waals surface area (Å²) < 4.78 is 0. The van der Waals surface area contributed by atoms with Gasteiger partial charge in [-0.3, -0.25) is 9.89 Å². The monoisotopic (exact) mass is 339 g/mol. The third-order valence-corrected chi connectivity index (χ3v) is 5.04. The minimum Gasteiger partial charge on any atom is -0.357 e. The van der Waals surface area contributed by atoms with E-state index in [-0.39, 0.29) is 5.91 Å². The number of aromatic amines is 1. The molecule has 2 aliphatic rings. The molecule has 0 aromatic carbocycles. The molecule has 132 valence electrons. The van der Waals surface area contributed by atoms with Gasteiger partial charge in [-0.15, -0.1) is 0 Å². The summed E-state index contributed by atoms with van der Waals surface area (Å²) in [6.45, 7) is 2.63. The lowest BCUT2D eigenvalue weighted by molar-refractivity contribution is 0.0946. The Morgan fingerprint density at radius 3 is 2.76 bits per heavy atom. The van der Waals surface area contributed by atoms with Gasteiger partial charge in [0.25, 0.3) is 5.91 Å². The van der Waals surface area contributed by atoms with Crippen LogP contribution in [-0.2, 0) is 6.54 Å². The van der Waals surface area contributed by atoms with Gasteiger partial charge in [-0.05, 0) is 49.4 Å². The van der Waals surface area contributed by atoms with Crippen molar-refractivity contribution in [2.24, 2.45) is 0 Å². The van der Waals surface area contributed by atoms with Gasteiger partial charge >= 0.3 is 0 Å². The van der Waals surface area contributed by atoms with Crippen molar-refractivity contribution in [3.05, 3.63) is 41.3 Å². The zero-order chi connectivity index (χ0) is 17.1. The Morgan fingerprint density at radius 1 is 1.20 bits per heavy atom. The van der Waals surface area contributed by atoms with Crippen molar-refractivity contribution in [1.29, 1.82) is 0 Å². The van der Waals surface area contributed by atoms with E-state index in [2.05, 4.69) is 31.5 Å². The SMILES string of the molecule is O=C(NCc1ccnc(N2CCCCCC2)c1)c1cc(C2CC2)[nH]n1. The van der Waals surface area contributed by atoms with E-state index < -0.39 is 0 Å². The number of anilines is 1. The first-order valence-electron chi connectivity index (χ1n) is 9.33. The Kier molecular flexibility index (Phi) is 4.68. The molecule has 0 spiro atoms. The molecule has 0 atom stereocenters. The first-order chi connectivity index (χ1) is 12.3. The van der Waals surface area contributed by atoms with E-state index in [9.17, 15) is 4.79 Å². The van der Waals surface area contributed by atoms with Gasteiger partial charge in [0.2, 0.25) is 0 Å². The molecule has 1 saturated heterocycles. The molecule has 2 fully saturated rings. The first-order valence-corrected chi connectivity index (χ1v) is 9.33. The summed E-state index contributed by atoms with van der Waals surface area (Å²) in [4.78, 5) is 19.2. The van der Waals surface area contributed by atoms with Crippen molar-refractivity contribution in [2.75, 3.05) is 18.0 Å². The zero-order valence-electron chi connectivity index (χ0n) is 14.5. The maximum absolute atomic E-state index is 12.3. The van der Waals surface area contributed by atoms with Crippen LogP contribution in [0.25, 0.3) is 0 Å². The normalized spacial score (nSPS) is 18.0. The molecule has 1 aliphatic heterocycles. The molecular formula is C19H25N5O. The number of aromatic nitrogens is 3. The number of nitrogens with one attached hydrogen (secondary N) is 2. The van der Waals surface area contributed by atoms with E-state index in [0.29, 0.717) is 18.2 Å². The number of amides is 1. The molecule has 25 heavy (non-hydrogen) atoms. The van der Waals surface area contributed by atoms with Crippen LogP contribution < -0.4 is 10.2 Å². The minimum atomic E-state index is -0.128. The number of hydrogen-bond acceptors (Lipinski definition) is 4. The molecular weight excluding hydrogens is 314 g/mol. The summed E-state index contributed by atoms with van der Waals surface area (Å²) in [5.74, 6) is 1.46. The van der Waals surface area contributed by atoms with Crippen molar-refractivity contribution < 1.29 is 4.79 Å². The maximum Gasteiger partial charge on any atom is 0.272 e. The van der Waals surface area contributed by atoms with E-state index in [0.717, 1.165) is 30.2 Å². The number of nitrogens with zero attached hydrogens (tertiary/aromatic N) is 3. The maximum atomic E-state index is 12.3. The molecule has 1 aliphatic carbocycles. The molecule has 1 amide bonds. The van der Waals surface area contributed by atoms with Crippen molar-refractivity contribution >= 4 is 11.7 Å². The molecule has 2 aromatic rings. The van der Waals surface area contributed by atoms with Gasteiger partial charge < -0.3 is 10.2 Å². The fourth-order valence-electron chi connectivity index (χ4n) is 3.37. The number of H-pyrrole nitrogens is 1. The van der Waals surface area contributed by atoms with E-state index in [1.54, 1.807) is 0 Å². The first kappa shape index (κ1) is 16.1. The minimum absolute atomic E-state index is 0.128. The molecule has 0 radical (unpaired) electrons. The van der Waals surface area contributed by atoms with Crippen LogP contribution in [0.5, 0.6) is 0 Å². The Balaban J connectivity index is 1.36. The van der Waals surface area contributed by atoms with Crippen LogP contribution in [0.4, 0.5) is 5.82 Å². The lowest BCUT2D eigenvalue weighted by Gasteiger charge is -2.21. The fourth-order valence-corrected chi connectivity index (χ4v) is 3.37. The number of carbonyl (C=O) groups is 1. The Hall–Kier alpha value is -2.37. The summed E-state index contributed by atoms with van der Waals surface area (Å²) in [5, 5.41) is 10.1. The van der Waals surface area contributed by atoms with Crippen molar-refractivity contribution in [3.8, 4) is 0 Å². The highest BCUT2D eigenvalue weighted by molar-refractivity contribution is 5.92. The second kappa shape index (κ2) is 7.25. The summed E-state index contributed by atoms with van der Waals surface area (Å²) in [7, 11) is 0. The predicted molar refractivity (Wildman–Crippen MR) is 96.7 cm³/mol. The third kappa shape index (κ3) is 4.00. The Labute approximate surface area is 148 Å². The average Bonchev–Trinajstić information content (AvgIpc) is 3.43. The highest BCUT2D eigenvalue weighted by Crippen LogP contribution is 2.38. The van der Waals surface area contributed by atoms with Crippen LogP contribution in [0.15, 0.2) is 24.4 Å². The Morgan fingerprint density at radius 2 is 2.00 bits per heavy atom. The van der Waals surface area contributed by atoms with Gasteiger partial charge in [0.15, 0.2) is 0 Å². The van der Waals surface area contributed by atoms with E-state index in [1.165, 1.54) is 38.5 Å². The van der Waals surface area contributed by atoms with Crippen LogP contribution in [0.3, 0.4) is 0 Å². The van der Waals surface area contributed by atoms with E-state index in [1.807, 2.05) is 18.3 Å². The highest BCUT2D eigenvalue weighted by Gasteiger charge is 2.26. The standard InChI is InChI=1S/C19H25N5O/c25-19(17-12-16(22-23-17)15-5-6-15)21-13-14-7-8-20-18(11-14)24-9-3-1-2-4-10-24/h7-8,11-12,15H,1-6,9-10,13H2,(H,21,25)(H,22,23). The number of pyridine rings is 1. The quantitative estimate of drug-likeness (QED) is 0.878. The second-order valence-corrected chi connectivity index (χ2v) is 7.09. The largest absolute Gasteiger partial charge is 0.357 e. The second-order valence-electron chi connectivity index (χ2n) is 7.09. The number of hydrogen-bond donors (Lipinski definition) is 2. The Bertz CT molecular complexity index is 729. The third-order valence-electron chi connectivity index (χ3n) is 5.04. The van der Waals surface area contributed by atoms with Crippen LogP contribution >= 0.6 is 0 Å². The van der Waals surface area contributed by atoms with E-state index >= 15 is 0 Å². The molecule has 1 saturated carbocycles. The zero-order valence-corrected chi connectivity index (χ0v) is 14.5. The lowest BCUT2D eigenvalue weighted by Crippen LogP contribution is -2.26. The molecule has 6 nitrogen and oxygen atoms in total. The van der Waals surface area contributed by atoms with Crippen LogP contribution in [0, 0.1) is 0 Å². The predicted octanol–water partition coefficient (Wildman–Crippen LogP) is 2.99. The fraction of sp³-hybridized carbons (Fsp3) is 0.526. The number of carbonyl (C=O) groups excluding carboxylic acids is 1. The van der Waals surface area contributed by atoms with Crippen LogP contribution in [-0.4, -0.2) is 34.2 Å². The number of rotatable bonds is 5. The van der Waals surface area contributed by atoms with Gasteiger partial charge in [0, 0.05) is 37.4 Å². The summed E-state index contributed by atoms with van der Waals surface area (Å²) in [5.41, 5.74) is 2.63. The topological polar surface area (TPSA) is 73.9 Å². The molecule has 2 N–H and O–H groups in total. The molecule has 0 bridgehead atoms. The summed E-state index contributed by atoms with van der Waals surface area (Å²) in [6.07, 6.45) is 9.29. The average molecular weight is 339 g/mol. The lowest BCUT2D eigenvalue weighted by atomic mass is 10.2. The van der Waals surface area contributed by atoms with Crippen molar-refractivity contribution in [1.82, 2.24) is 20.5 Å². The van der Waals surface area contributed by atoms with Gasteiger partial charge in [-0.1, -0.05) is 12.8 Å². The van der Waals surface area contributed by atoms with Gasteiger partial charge in [-0.25, -0.2) is 4.98 Å². The van der Waals surface area contributed by atoms with Crippen LogP contribution in [0.2, 0.25) is 0 Å². The van der Waals surface area contributed by atoms with Crippen molar-refractivity contribution in [2.45, 2.75) is 51.0 Å².